The van der Waals surface area contributed by atoms with E-state index < -0.39 is 0 Å². The van der Waals surface area contributed by atoms with Gasteiger partial charge >= 0.3 is 0 Å². The minimum absolute atomic E-state index is 0.540. The Morgan fingerprint density at radius 2 is 1.60 bits per heavy atom. The van der Waals surface area contributed by atoms with Gasteiger partial charge in [-0.1, -0.05) is 12.1 Å². The summed E-state index contributed by atoms with van der Waals surface area (Å²) in [5, 5.41) is 4.33. The Labute approximate surface area is 174 Å². The molecule has 0 fully saturated rings. The van der Waals surface area contributed by atoms with Crippen molar-refractivity contribution in [3.63, 3.8) is 0 Å². The van der Waals surface area contributed by atoms with E-state index in [1.165, 1.54) is 0 Å². The fourth-order valence-electron chi connectivity index (χ4n) is 3.39. The predicted molar refractivity (Wildman–Crippen MR) is 117 cm³/mol. The standard InChI is InChI=1S/C23H23N3O4/c1-27-16-7-5-6-14(10-16)19-13-17-18(26-19)8-9-24-23(17)25-15-11-20(28-2)22(30-4)21(12-15)29-3/h5-13,26H,1-4H3,(H,24,25). The minimum Gasteiger partial charge on any atom is -0.497 e. The molecule has 4 aromatic rings. The summed E-state index contributed by atoms with van der Waals surface area (Å²) in [5.74, 6) is 3.20. The number of methoxy groups -OCH3 is 4. The molecule has 0 spiro atoms. The molecule has 30 heavy (non-hydrogen) atoms. The van der Waals surface area contributed by atoms with Crippen molar-refractivity contribution < 1.29 is 18.9 Å². The molecule has 0 aliphatic heterocycles. The van der Waals surface area contributed by atoms with E-state index in [1.54, 1.807) is 34.6 Å². The van der Waals surface area contributed by atoms with E-state index >= 15 is 0 Å². The SMILES string of the molecule is COc1cccc(-c2cc3c(Nc4cc(OC)c(OC)c(OC)c4)nccc3[nH]2)c1. The van der Waals surface area contributed by atoms with Gasteiger partial charge in [0.1, 0.15) is 11.6 Å². The highest BCUT2D eigenvalue weighted by Gasteiger charge is 2.15. The van der Waals surface area contributed by atoms with Gasteiger partial charge in [0.2, 0.25) is 5.75 Å². The summed E-state index contributed by atoms with van der Waals surface area (Å²) >= 11 is 0. The van der Waals surface area contributed by atoms with Crippen molar-refractivity contribution in [3.05, 3.63) is 54.7 Å². The molecular formula is C23H23N3O4. The molecule has 0 atom stereocenters. The molecule has 7 nitrogen and oxygen atoms in total. The van der Waals surface area contributed by atoms with E-state index in [2.05, 4.69) is 21.4 Å². The third kappa shape index (κ3) is 3.57. The molecule has 2 N–H and O–H groups in total. The number of H-pyrrole nitrogens is 1. The van der Waals surface area contributed by atoms with Crippen LogP contribution in [0.3, 0.4) is 0 Å². The van der Waals surface area contributed by atoms with Crippen LogP contribution in [0.4, 0.5) is 11.5 Å². The van der Waals surface area contributed by atoms with Gasteiger partial charge in [0, 0.05) is 40.7 Å². The average molecular weight is 405 g/mol. The van der Waals surface area contributed by atoms with E-state index in [0.717, 1.165) is 33.6 Å². The summed E-state index contributed by atoms with van der Waals surface area (Å²) in [4.78, 5) is 7.98. The Balaban J connectivity index is 1.74. The maximum Gasteiger partial charge on any atom is 0.203 e. The summed E-state index contributed by atoms with van der Waals surface area (Å²) in [5.41, 5.74) is 3.75. The van der Waals surface area contributed by atoms with Crippen LogP contribution in [-0.4, -0.2) is 38.4 Å². The van der Waals surface area contributed by atoms with E-state index in [9.17, 15) is 0 Å². The first-order chi connectivity index (χ1) is 14.7. The van der Waals surface area contributed by atoms with Gasteiger partial charge in [-0.2, -0.15) is 0 Å². The summed E-state index contributed by atoms with van der Waals surface area (Å²) in [6.45, 7) is 0. The Morgan fingerprint density at radius 3 is 2.27 bits per heavy atom. The zero-order valence-electron chi connectivity index (χ0n) is 17.3. The summed E-state index contributed by atoms with van der Waals surface area (Å²) < 4.78 is 21.6. The molecular weight excluding hydrogens is 382 g/mol. The topological polar surface area (TPSA) is 77.6 Å². The molecule has 2 aromatic carbocycles. The monoisotopic (exact) mass is 405 g/mol. The smallest absolute Gasteiger partial charge is 0.203 e. The fourth-order valence-corrected chi connectivity index (χ4v) is 3.39. The fraction of sp³-hybridized carbons (Fsp3) is 0.174. The lowest BCUT2D eigenvalue weighted by atomic mass is 10.1. The minimum atomic E-state index is 0.540. The predicted octanol–water partition coefficient (Wildman–Crippen LogP) is 5.01. The Morgan fingerprint density at radius 1 is 0.833 bits per heavy atom. The van der Waals surface area contributed by atoms with E-state index in [1.807, 2.05) is 42.5 Å². The van der Waals surface area contributed by atoms with Gasteiger partial charge in [0.15, 0.2) is 11.5 Å². The van der Waals surface area contributed by atoms with Crippen molar-refractivity contribution in [2.75, 3.05) is 33.8 Å². The number of nitrogens with zero attached hydrogens (tertiary/aromatic N) is 1. The largest absolute Gasteiger partial charge is 0.497 e. The number of aromatic amines is 1. The van der Waals surface area contributed by atoms with Crippen molar-refractivity contribution in [3.8, 4) is 34.3 Å². The Hall–Kier alpha value is -3.87. The number of fused-ring (bicyclic) bond motifs is 1. The number of hydrogen-bond acceptors (Lipinski definition) is 6. The van der Waals surface area contributed by atoms with Crippen LogP contribution in [0, 0.1) is 0 Å². The summed E-state index contributed by atoms with van der Waals surface area (Å²) in [6, 6.07) is 15.6. The van der Waals surface area contributed by atoms with E-state index in [4.69, 9.17) is 18.9 Å². The van der Waals surface area contributed by atoms with Crippen LogP contribution in [0.15, 0.2) is 54.7 Å². The lowest BCUT2D eigenvalue weighted by Gasteiger charge is -2.15. The molecule has 0 amide bonds. The van der Waals surface area contributed by atoms with Gasteiger partial charge in [0.05, 0.1) is 34.0 Å². The number of nitrogens with one attached hydrogen (secondary N) is 2. The molecule has 0 saturated heterocycles. The number of anilines is 2. The van der Waals surface area contributed by atoms with Gasteiger partial charge < -0.3 is 29.2 Å². The molecule has 0 radical (unpaired) electrons. The number of pyridine rings is 1. The first kappa shape index (κ1) is 19.4. The molecule has 2 aromatic heterocycles. The molecule has 154 valence electrons. The van der Waals surface area contributed by atoms with Crippen LogP contribution in [0.2, 0.25) is 0 Å². The highest BCUT2D eigenvalue weighted by Crippen LogP contribution is 2.41. The second-order valence-corrected chi connectivity index (χ2v) is 6.57. The molecule has 0 bridgehead atoms. The van der Waals surface area contributed by atoms with Crippen LogP contribution in [0.25, 0.3) is 22.2 Å². The van der Waals surface area contributed by atoms with Crippen LogP contribution in [0.5, 0.6) is 23.0 Å². The first-order valence-corrected chi connectivity index (χ1v) is 9.36. The molecule has 2 heterocycles. The second kappa shape index (κ2) is 8.24. The number of benzene rings is 2. The molecule has 4 rings (SSSR count). The van der Waals surface area contributed by atoms with Crippen molar-refractivity contribution in [1.82, 2.24) is 9.97 Å². The lowest BCUT2D eigenvalue weighted by Crippen LogP contribution is -1.99. The number of hydrogen-bond donors (Lipinski definition) is 2. The van der Waals surface area contributed by atoms with Crippen molar-refractivity contribution >= 4 is 22.4 Å². The maximum atomic E-state index is 5.44. The molecule has 0 unspecified atom stereocenters. The van der Waals surface area contributed by atoms with Gasteiger partial charge in [-0.15, -0.1) is 0 Å². The van der Waals surface area contributed by atoms with E-state index in [0.29, 0.717) is 23.1 Å². The molecule has 0 saturated carbocycles. The number of ether oxygens (including phenoxy) is 4. The lowest BCUT2D eigenvalue weighted by molar-refractivity contribution is 0.324. The average Bonchev–Trinajstić information content (AvgIpc) is 3.24. The first-order valence-electron chi connectivity index (χ1n) is 9.36. The zero-order chi connectivity index (χ0) is 21.1. The highest BCUT2D eigenvalue weighted by atomic mass is 16.5. The van der Waals surface area contributed by atoms with Gasteiger partial charge in [-0.3, -0.25) is 0 Å². The number of aromatic nitrogens is 2. The summed E-state index contributed by atoms with van der Waals surface area (Å²) in [6.07, 6.45) is 1.76. The quantitative estimate of drug-likeness (QED) is 0.450. The third-order valence-corrected chi connectivity index (χ3v) is 4.86. The van der Waals surface area contributed by atoms with Crippen LogP contribution in [0.1, 0.15) is 0 Å². The highest BCUT2D eigenvalue weighted by molar-refractivity contribution is 5.95. The van der Waals surface area contributed by atoms with Gasteiger partial charge in [0.25, 0.3) is 0 Å². The van der Waals surface area contributed by atoms with Gasteiger partial charge in [-0.05, 0) is 24.3 Å². The number of rotatable bonds is 7. The van der Waals surface area contributed by atoms with Crippen molar-refractivity contribution in [2.45, 2.75) is 0 Å². The molecule has 0 aliphatic rings. The van der Waals surface area contributed by atoms with Crippen molar-refractivity contribution in [2.24, 2.45) is 0 Å². The van der Waals surface area contributed by atoms with Crippen LogP contribution < -0.4 is 24.3 Å². The molecule has 7 heteroatoms. The van der Waals surface area contributed by atoms with Gasteiger partial charge in [-0.25, -0.2) is 4.98 Å². The zero-order valence-corrected chi connectivity index (χ0v) is 17.3. The summed E-state index contributed by atoms with van der Waals surface area (Å²) in [7, 11) is 6.42. The van der Waals surface area contributed by atoms with Crippen molar-refractivity contribution in [1.29, 1.82) is 0 Å². The second-order valence-electron chi connectivity index (χ2n) is 6.57. The normalized spacial score (nSPS) is 10.7. The Bertz CT molecular complexity index is 1160. The molecule has 0 aliphatic carbocycles. The van der Waals surface area contributed by atoms with Crippen LogP contribution >= 0.6 is 0 Å². The Kier molecular flexibility index (Phi) is 5.34. The maximum absolute atomic E-state index is 5.44. The van der Waals surface area contributed by atoms with Crippen LogP contribution in [-0.2, 0) is 0 Å². The van der Waals surface area contributed by atoms with E-state index in [-0.39, 0.29) is 0 Å². The third-order valence-electron chi connectivity index (χ3n) is 4.86.